The molecule has 2 rings (SSSR count). The third-order valence-corrected chi connectivity index (χ3v) is 3.34. The number of hydrogen-bond acceptors (Lipinski definition) is 2. The molecule has 2 aromatic carbocycles. The van der Waals surface area contributed by atoms with Crippen LogP contribution in [0.3, 0.4) is 0 Å². The molecule has 21 heavy (non-hydrogen) atoms. The van der Waals surface area contributed by atoms with Crippen LogP contribution >= 0.6 is 0 Å². The average molecular weight is 291 g/mol. The molecule has 1 unspecified atom stereocenters. The second-order valence-electron chi connectivity index (χ2n) is 4.87. The summed E-state index contributed by atoms with van der Waals surface area (Å²) < 4.78 is 32.2. The van der Waals surface area contributed by atoms with Gasteiger partial charge in [0.25, 0.3) is 0 Å². The SMILES string of the molecule is CCOc1ccc(C)cc1C(NC)c1ccc(F)c(F)c1. The molecule has 0 aliphatic carbocycles. The molecule has 0 aromatic heterocycles. The van der Waals surface area contributed by atoms with Gasteiger partial charge in [-0.1, -0.05) is 23.8 Å². The van der Waals surface area contributed by atoms with Gasteiger partial charge < -0.3 is 10.1 Å². The van der Waals surface area contributed by atoms with Crippen LogP contribution in [0.1, 0.15) is 29.7 Å². The van der Waals surface area contributed by atoms with Crippen molar-refractivity contribution in [1.29, 1.82) is 0 Å². The van der Waals surface area contributed by atoms with Gasteiger partial charge in [0.1, 0.15) is 5.75 Å². The quantitative estimate of drug-likeness (QED) is 0.899. The smallest absolute Gasteiger partial charge is 0.159 e. The Balaban J connectivity index is 2.49. The summed E-state index contributed by atoms with van der Waals surface area (Å²) in [6.45, 7) is 4.44. The lowest BCUT2D eigenvalue weighted by atomic mass is 9.96. The molecule has 1 N–H and O–H groups in total. The first-order valence-corrected chi connectivity index (χ1v) is 6.92. The van der Waals surface area contributed by atoms with Crippen molar-refractivity contribution in [1.82, 2.24) is 5.32 Å². The second-order valence-corrected chi connectivity index (χ2v) is 4.87. The van der Waals surface area contributed by atoms with Gasteiger partial charge in [-0.25, -0.2) is 8.78 Å². The summed E-state index contributed by atoms with van der Waals surface area (Å²) in [5, 5.41) is 3.14. The third-order valence-electron chi connectivity index (χ3n) is 3.34. The Labute approximate surface area is 123 Å². The molecule has 0 aliphatic rings. The van der Waals surface area contributed by atoms with Gasteiger partial charge >= 0.3 is 0 Å². The maximum Gasteiger partial charge on any atom is 0.159 e. The molecule has 4 heteroatoms. The number of nitrogens with one attached hydrogen (secondary N) is 1. The Morgan fingerprint density at radius 1 is 1.10 bits per heavy atom. The summed E-state index contributed by atoms with van der Waals surface area (Å²) in [6.07, 6.45) is 0. The molecular weight excluding hydrogens is 272 g/mol. The van der Waals surface area contributed by atoms with Crippen LogP contribution in [0.15, 0.2) is 36.4 Å². The van der Waals surface area contributed by atoms with Gasteiger partial charge in [-0.2, -0.15) is 0 Å². The molecule has 0 saturated heterocycles. The molecule has 0 radical (unpaired) electrons. The summed E-state index contributed by atoms with van der Waals surface area (Å²) >= 11 is 0. The molecule has 0 bridgehead atoms. The highest BCUT2D eigenvalue weighted by Gasteiger charge is 2.18. The minimum absolute atomic E-state index is 0.262. The van der Waals surface area contributed by atoms with Gasteiger partial charge in [0, 0.05) is 5.56 Å². The van der Waals surface area contributed by atoms with Crippen molar-refractivity contribution < 1.29 is 13.5 Å². The maximum absolute atomic E-state index is 13.5. The van der Waals surface area contributed by atoms with Crippen molar-refractivity contribution in [3.8, 4) is 5.75 Å². The molecule has 0 amide bonds. The van der Waals surface area contributed by atoms with E-state index in [-0.39, 0.29) is 6.04 Å². The molecule has 1 atom stereocenters. The van der Waals surface area contributed by atoms with E-state index < -0.39 is 11.6 Å². The molecule has 112 valence electrons. The first kappa shape index (κ1) is 15.4. The summed E-state index contributed by atoms with van der Waals surface area (Å²) in [6, 6.07) is 9.54. The van der Waals surface area contributed by atoms with Crippen LogP contribution in [0.25, 0.3) is 0 Å². The molecule has 0 aliphatic heterocycles. The van der Waals surface area contributed by atoms with E-state index >= 15 is 0 Å². The van der Waals surface area contributed by atoms with Crippen molar-refractivity contribution in [3.05, 3.63) is 64.7 Å². The fourth-order valence-corrected chi connectivity index (χ4v) is 2.37. The Morgan fingerprint density at radius 3 is 2.48 bits per heavy atom. The van der Waals surface area contributed by atoms with Crippen molar-refractivity contribution >= 4 is 0 Å². The van der Waals surface area contributed by atoms with E-state index in [0.717, 1.165) is 22.9 Å². The number of benzene rings is 2. The van der Waals surface area contributed by atoms with Crippen molar-refractivity contribution in [2.45, 2.75) is 19.9 Å². The van der Waals surface area contributed by atoms with Gasteiger partial charge in [-0.05, 0) is 44.7 Å². The Morgan fingerprint density at radius 2 is 1.86 bits per heavy atom. The van der Waals surface area contributed by atoms with Crippen molar-refractivity contribution in [2.75, 3.05) is 13.7 Å². The van der Waals surface area contributed by atoms with Crippen LogP contribution < -0.4 is 10.1 Å². The van der Waals surface area contributed by atoms with E-state index in [0.29, 0.717) is 12.2 Å². The van der Waals surface area contributed by atoms with Gasteiger partial charge in [-0.15, -0.1) is 0 Å². The highest BCUT2D eigenvalue weighted by Crippen LogP contribution is 2.31. The highest BCUT2D eigenvalue weighted by molar-refractivity contribution is 5.44. The van der Waals surface area contributed by atoms with E-state index in [2.05, 4.69) is 5.32 Å². The zero-order valence-electron chi connectivity index (χ0n) is 12.4. The zero-order valence-corrected chi connectivity index (χ0v) is 12.4. The molecule has 0 heterocycles. The summed E-state index contributed by atoms with van der Waals surface area (Å²) in [5.74, 6) is -0.951. The van der Waals surface area contributed by atoms with Crippen LogP contribution in [-0.2, 0) is 0 Å². The van der Waals surface area contributed by atoms with Gasteiger partial charge in [-0.3, -0.25) is 0 Å². The minimum Gasteiger partial charge on any atom is -0.494 e. The number of ether oxygens (including phenoxy) is 1. The molecule has 2 nitrogen and oxygen atoms in total. The van der Waals surface area contributed by atoms with Crippen LogP contribution in [0, 0.1) is 18.6 Å². The Hall–Kier alpha value is -1.94. The summed E-state index contributed by atoms with van der Waals surface area (Å²) in [5.41, 5.74) is 2.64. The van der Waals surface area contributed by atoms with Gasteiger partial charge in [0.05, 0.1) is 12.6 Å². The van der Waals surface area contributed by atoms with E-state index in [1.165, 1.54) is 6.07 Å². The first-order chi connectivity index (χ1) is 10.1. The lowest BCUT2D eigenvalue weighted by molar-refractivity contribution is 0.334. The monoisotopic (exact) mass is 291 g/mol. The summed E-state index contributed by atoms with van der Waals surface area (Å²) in [7, 11) is 1.78. The fourth-order valence-electron chi connectivity index (χ4n) is 2.37. The Bertz CT molecular complexity index is 628. The Kier molecular flexibility index (Phi) is 4.91. The number of rotatable bonds is 5. The molecular formula is C17H19F2NO. The van der Waals surface area contributed by atoms with Crippen LogP contribution in [0.5, 0.6) is 5.75 Å². The molecule has 0 saturated carbocycles. The van der Waals surface area contributed by atoms with Gasteiger partial charge in [0.2, 0.25) is 0 Å². The largest absolute Gasteiger partial charge is 0.494 e. The lowest BCUT2D eigenvalue weighted by Crippen LogP contribution is -2.19. The second kappa shape index (κ2) is 6.68. The summed E-state index contributed by atoms with van der Waals surface area (Å²) in [4.78, 5) is 0. The molecule has 0 fully saturated rings. The van der Waals surface area contributed by atoms with E-state index in [9.17, 15) is 8.78 Å². The number of hydrogen-bond donors (Lipinski definition) is 1. The van der Waals surface area contributed by atoms with E-state index in [1.807, 2.05) is 32.0 Å². The highest BCUT2D eigenvalue weighted by atomic mass is 19.2. The minimum atomic E-state index is -0.849. The van der Waals surface area contributed by atoms with Crippen molar-refractivity contribution in [3.63, 3.8) is 0 Å². The number of halogens is 2. The molecule has 0 spiro atoms. The predicted octanol–water partition coefficient (Wildman–Crippen LogP) is 3.98. The normalized spacial score (nSPS) is 12.2. The van der Waals surface area contributed by atoms with Crippen LogP contribution in [0.4, 0.5) is 8.78 Å². The topological polar surface area (TPSA) is 21.3 Å². The molecule has 2 aromatic rings. The number of aryl methyl sites for hydroxylation is 1. The zero-order chi connectivity index (χ0) is 15.4. The maximum atomic E-state index is 13.5. The van der Waals surface area contributed by atoms with Crippen LogP contribution in [-0.4, -0.2) is 13.7 Å². The lowest BCUT2D eigenvalue weighted by Gasteiger charge is -2.21. The average Bonchev–Trinajstić information content (AvgIpc) is 2.46. The predicted molar refractivity (Wildman–Crippen MR) is 79.6 cm³/mol. The third kappa shape index (κ3) is 3.39. The van der Waals surface area contributed by atoms with Gasteiger partial charge in [0.15, 0.2) is 11.6 Å². The van der Waals surface area contributed by atoms with E-state index in [4.69, 9.17) is 4.74 Å². The van der Waals surface area contributed by atoms with Crippen molar-refractivity contribution in [2.24, 2.45) is 0 Å². The van der Waals surface area contributed by atoms with E-state index in [1.54, 1.807) is 13.1 Å². The standard InChI is InChI=1S/C17H19F2NO/c1-4-21-16-8-5-11(2)9-13(16)17(20-3)12-6-7-14(18)15(19)10-12/h5-10,17,20H,4H2,1-3H3. The van der Waals surface area contributed by atoms with Crippen LogP contribution in [0.2, 0.25) is 0 Å². The first-order valence-electron chi connectivity index (χ1n) is 6.92. The fraction of sp³-hybridized carbons (Fsp3) is 0.294.